The molecule has 21 heavy (non-hydrogen) atoms. The normalized spacial score (nSPS) is 11.6. The zero-order valence-electron chi connectivity index (χ0n) is 14.7. The lowest BCUT2D eigenvalue weighted by Crippen LogP contribution is -1.99. The predicted octanol–water partition coefficient (Wildman–Crippen LogP) is 5.91. The summed E-state index contributed by atoms with van der Waals surface area (Å²) in [7, 11) is 0. The number of phenolic OH excluding ortho intramolecular Hbond substituents is 1. The van der Waals surface area contributed by atoms with E-state index in [1.54, 1.807) is 0 Å². The van der Waals surface area contributed by atoms with Crippen molar-refractivity contribution in [2.24, 2.45) is 11.8 Å². The second kappa shape index (κ2) is 9.12. The molecule has 0 saturated carbocycles. The van der Waals surface area contributed by atoms with E-state index in [-0.39, 0.29) is 0 Å². The summed E-state index contributed by atoms with van der Waals surface area (Å²) in [5, 5.41) is 10.4. The van der Waals surface area contributed by atoms with E-state index in [2.05, 4.69) is 46.8 Å². The summed E-state index contributed by atoms with van der Waals surface area (Å²) in [5.74, 6) is 2.02. The molecule has 1 nitrogen and oxygen atoms in total. The van der Waals surface area contributed by atoms with Crippen molar-refractivity contribution in [3.63, 3.8) is 0 Å². The van der Waals surface area contributed by atoms with Gasteiger partial charge in [-0.15, -0.1) is 0 Å². The van der Waals surface area contributed by atoms with Crippen molar-refractivity contribution in [3.05, 3.63) is 28.8 Å². The molecule has 0 radical (unpaired) electrons. The molecule has 1 N–H and O–H groups in total. The summed E-state index contributed by atoms with van der Waals surface area (Å²) in [6.45, 7) is 11.2. The van der Waals surface area contributed by atoms with Gasteiger partial charge in [0.1, 0.15) is 5.75 Å². The van der Waals surface area contributed by atoms with Gasteiger partial charge in [-0.25, -0.2) is 0 Å². The van der Waals surface area contributed by atoms with Crippen LogP contribution in [0.25, 0.3) is 0 Å². The Kier molecular flexibility index (Phi) is 7.85. The Morgan fingerprint density at radius 3 is 2.14 bits per heavy atom. The predicted molar refractivity (Wildman–Crippen MR) is 93.0 cm³/mol. The average Bonchev–Trinajstić information content (AvgIpc) is 2.40. The number of rotatable bonds is 9. The molecule has 0 fully saturated rings. The van der Waals surface area contributed by atoms with Crippen molar-refractivity contribution in [3.8, 4) is 5.75 Å². The van der Waals surface area contributed by atoms with Crippen molar-refractivity contribution < 1.29 is 5.11 Å². The lowest BCUT2D eigenvalue weighted by Gasteiger charge is -2.14. The van der Waals surface area contributed by atoms with Gasteiger partial charge in [0.15, 0.2) is 0 Å². The zero-order chi connectivity index (χ0) is 15.8. The molecule has 0 amide bonds. The second-order valence-corrected chi connectivity index (χ2v) is 7.21. The summed E-state index contributed by atoms with van der Waals surface area (Å²) in [6, 6.07) is 4.43. The Bertz CT molecular complexity index is 418. The molecule has 1 aromatic carbocycles. The van der Waals surface area contributed by atoms with Gasteiger partial charge in [-0.1, -0.05) is 66.0 Å². The second-order valence-electron chi connectivity index (χ2n) is 7.21. The van der Waals surface area contributed by atoms with E-state index in [0.29, 0.717) is 11.7 Å². The number of phenols is 1. The molecule has 0 atom stereocenters. The Labute approximate surface area is 131 Å². The maximum absolute atomic E-state index is 10.4. The molecule has 0 spiro atoms. The summed E-state index contributed by atoms with van der Waals surface area (Å²) in [4.78, 5) is 0. The smallest absolute Gasteiger partial charge is 0.121 e. The fraction of sp³-hybridized carbons (Fsp3) is 0.700. The monoisotopic (exact) mass is 290 g/mol. The minimum absolute atomic E-state index is 0.550. The molecule has 120 valence electrons. The van der Waals surface area contributed by atoms with Crippen LogP contribution in [-0.2, 0) is 19.3 Å². The molecule has 1 rings (SSSR count). The summed E-state index contributed by atoms with van der Waals surface area (Å²) >= 11 is 0. The number of aryl methyl sites for hydroxylation is 2. The number of unbranched alkanes of at least 4 members (excludes halogenated alkanes) is 2. The molecule has 0 aliphatic carbocycles. The number of aromatic hydroxyl groups is 1. The highest BCUT2D eigenvalue weighted by atomic mass is 16.3. The van der Waals surface area contributed by atoms with Gasteiger partial charge < -0.3 is 5.11 Å². The van der Waals surface area contributed by atoms with E-state index in [1.807, 2.05) is 0 Å². The van der Waals surface area contributed by atoms with Gasteiger partial charge in [0.25, 0.3) is 0 Å². The minimum Gasteiger partial charge on any atom is -0.507 e. The first-order valence-corrected chi connectivity index (χ1v) is 8.77. The highest BCUT2D eigenvalue weighted by Gasteiger charge is 2.10. The van der Waals surface area contributed by atoms with Crippen molar-refractivity contribution in [2.45, 2.75) is 79.6 Å². The van der Waals surface area contributed by atoms with Crippen LogP contribution < -0.4 is 0 Å². The summed E-state index contributed by atoms with van der Waals surface area (Å²) in [6.07, 6.45) is 8.13. The maximum atomic E-state index is 10.4. The van der Waals surface area contributed by atoms with Gasteiger partial charge in [0.2, 0.25) is 0 Å². The third-order valence-electron chi connectivity index (χ3n) is 4.08. The van der Waals surface area contributed by atoms with Gasteiger partial charge in [0, 0.05) is 0 Å². The Balaban J connectivity index is 2.66. The van der Waals surface area contributed by atoms with Gasteiger partial charge in [-0.05, 0) is 54.2 Å². The Hall–Kier alpha value is -0.980. The number of hydrogen-bond acceptors (Lipinski definition) is 1. The molecule has 0 heterocycles. The standard InChI is InChI=1S/C20H34O/c1-6-18-13-17(12-16(4)5)14-19(20(18)21)11-9-7-8-10-15(2)3/h13-16,21H,6-12H2,1-5H3. The van der Waals surface area contributed by atoms with Gasteiger partial charge >= 0.3 is 0 Å². The molecule has 1 heteroatoms. The SMILES string of the molecule is CCc1cc(CC(C)C)cc(CCCCCC(C)C)c1O. The molecular weight excluding hydrogens is 256 g/mol. The number of benzene rings is 1. The average molecular weight is 290 g/mol. The van der Waals surface area contributed by atoms with Crippen LogP contribution in [0.3, 0.4) is 0 Å². The van der Waals surface area contributed by atoms with Crippen molar-refractivity contribution >= 4 is 0 Å². The largest absolute Gasteiger partial charge is 0.507 e. The topological polar surface area (TPSA) is 20.2 Å². The molecular formula is C20H34O. The minimum atomic E-state index is 0.550. The van der Waals surface area contributed by atoms with E-state index >= 15 is 0 Å². The lowest BCUT2D eigenvalue weighted by atomic mass is 9.94. The van der Waals surface area contributed by atoms with E-state index in [0.717, 1.165) is 36.3 Å². The maximum Gasteiger partial charge on any atom is 0.121 e. The third kappa shape index (κ3) is 6.54. The highest BCUT2D eigenvalue weighted by molar-refractivity contribution is 5.44. The first-order chi connectivity index (χ1) is 9.93. The highest BCUT2D eigenvalue weighted by Crippen LogP contribution is 2.28. The molecule has 0 bridgehead atoms. The van der Waals surface area contributed by atoms with Crippen molar-refractivity contribution in [2.75, 3.05) is 0 Å². The first kappa shape index (κ1) is 18.1. The molecule has 0 saturated heterocycles. The molecule has 0 aromatic heterocycles. The Morgan fingerprint density at radius 1 is 0.905 bits per heavy atom. The van der Waals surface area contributed by atoms with Gasteiger partial charge in [-0.2, -0.15) is 0 Å². The van der Waals surface area contributed by atoms with Crippen LogP contribution in [0.1, 0.15) is 77.0 Å². The molecule has 1 aromatic rings. The summed E-state index contributed by atoms with van der Waals surface area (Å²) < 4.78 is 0. The fourth-order valence-electron chi connectivity index (χ4n) is 2.93. The Morgan fingerprint density at radius 2 is 1.57 bits per heavy atom. The van der Waals surface area contributed by atoms with E-state index in [9.17, 15) is 5.11 Å². The fourth-order valence-corrected chi connectivity index (χ4v) is 2.93. The molecule has 0 aliphatic heterocycles. The van der Waals surface area contributed by atoms with Crippen LogP contribution in [0.15, 0.2) is 12.1 Å². The molecule has 0 unspecified atom stereocenters. The quantitative estimate of drug-likeness (QED) is 0.560. The van der Waals surface area contributed by atoms with Crippen molar-refractivity contribution in [1.82, 2.24) is 0 Å². The summed E-state index contributed by atoms with van der Waals surface area (Å²) in [5.41, 5.74) is 3.66. The number of hydrogen-bond donors (Lipinski definition) is 1. The van der Waals surface area contributed by atoms with Gasteiger partial charge in [0.05, 0.1) is 0 Å². The van der Waals surface area contributed by atoms with Gasteiger partial charge in [-0.3, -0.25) is 0 Å². The third-order valence-corrected chi connectivity index (χ3v) is 4.08. The van der Waals surface area contributed by atoms with Crippen LogP contribution >= 0.6 is 0 Å². The van der Waals surface area contributed by atoms with E-state index in [1.165, 1.54) is 31.2 Å². The van der Waals surface area contributed by atoms with E-state index in [4.69, 9.17) is 0 Å². The lowest BCUT2D eigenvalue weighted by molar-refractivity contribution is 0.458. The van der Waals surface area contributed by atoms with Crippen LogP contribution in [0.4, 0.5) is 0 Å². The van der Waals surface area contributed by atoms with Crippen LogP contribution in [0, 0.1) is 11.8 Å². The zero-order valence-corrected chi connectivity index (χ0v) is 14.7. The van der Waals surface area contributed by atoms with E-state index < -0.39 is 0 Å². The van der Waals surface area contributed by atoms with Crippen molar-refractivity contribution in [1.29, 1.82) is 0 Å². The van der Waals surface area contributed by atoms with Crippen LogP contribution in [0.2, 0.25) is 0 Å². The van der Waals surface area contributed by atoms with Crippen LogP contribution in [-0.4, -0.2) is 5.11 Å². The molecule has 0 aliphatic rings. The first-order valence-electron chi connectivity index (χ1n) is 8.77. The van der Waals surface area contributed by atoms with Crippen LogP contribution in [0.5, 0.6) is 5.75 Å².